The SMILES string of the molecule is COCC(N)C(=O)N1CCCC(CC(C)C)C1. The molecule has 1 fully saturated rings. The van der Waals surface area contributed by atoms with E-state index in [2.05, 4.69) is 13.8 Å². The van der Waals surface area contributed by atoms with E-state index in [1.165, 1.54) is 12.8 Å². The van der Waals surface area contributed by atoms with Crippen molar-refractivity contribution in [1.29, 1.82) is 0 Å². The Bertz CT molecular complexity index is 244. The minimum Gasteiger partial charge on any atom is -0.383 e. The highest BCUT2D eigenvalue weighted by Gasteiger charge is 2.27. The Morgan fingerprint density at radius 2 is 2.24 bits per heavy atom. The van der Waals surface area contributed by atoms with Crippen LogP contribution in [0.5, 0.6) is 0 Å². The monoisotopic (exact) mass is 242 g/mol. The molecule has 0 aliphatic carbocycles. The van der Waals surface area contributed by atoms with E-state index in [0.29, 0.717) is 18.4 Å². The smallest absolute Gasteiger partial charge is 0.241 e. The van der Waals surface area contributed by atoms with E-state index in [4.69, 9.17) is 10.5 Å². The summed E-state index contributed by atoms with van der Waals surface area (Å²) in [5, 5.41) is 0. The van der Waals surface area contributed by atoms with Crippen LogP contribution in [0.25, 0.3) is 0 Å². The van der Waals surface area contributed by atoms with Gasteiger partial charge in [0, 0.05) is 20.2 Å². The molecule has 1 amide bonds. The van der Waals surface area contributed by atoms with E-state index in [1.807, 2.05) is 4.90 Å². The molecular formula is C13H26N2O2. The number of hydrogen-bond acceptors (Lipinski definition) is 3. The molecule has 4 heteroatoms. The average Bonchev–Trinajstić information content (AvgIpc) is 2.28. The number of methoxy groups -OCH3 is 1. The second kappa shape index (κ2) is 6.97. The summed E-state index contributed by atoms with van der Waals surface area (Å²) in [4.78, 5) is 14.0. The quantitative estimate of drug-likeness (QED) is 0.789. The average molecular weight is 242 g/mol. The molecule has 2 atom stereocenters. The Morgan fingerprint density at radius 1 is 1.53 bits per heavy atom. The zero-order chi connectivity index (χ0) is 12.8. The first-order valence-electron chi connectivity index (χ1n) is 6.58. The van der Waals surface area contributed by atoms with Crippen molar-refractivity contribution >= 4 is 5.91 Å². The summed E-state index contributed by atoms with van der Waals surface area (Å²) in [7, 11) is 1.57. The van der Waals surface area contributed by atoms with Gasteiger partial charge in [-0.15, -0.1) is 0 Å². The molecule has 0 radical (unpaired) electrons. The van der Waals surface area contributed by atoms with Crippen LogP contribution in [-0.4, -0.2) is 43.7 Å². The highest BCUT2D eigenvalue weighted by molar-refractivity contribution is 5.81. The Morgan fingerprint density at radius 3 is 2.82 bits per heavy atom. The highest BCUT2D eigenvalue weighted by atomic mass is 16.5. The van der Waals surface area contributed by atoms with Gasteiger partial charge in [-0.3, -0.25) is 4.79 Å². The van der Waals surface area contributed by atoms with Gasteiger partial charge in [-0.25, -0.2) is 0 Å². The van der Waals surface area contributed by atoms with Crippen LogP contribution in [0.3, 0.4) is 0 Å². The molecule has 2 N–H and O–H groups in total. The minimum atomic E-state index is -0.502. The van der Waals surface area contributed by atoms with Gasteiger partial charge in [0.05, 0.1) is 6.61 Å². The molecule has 1 aliphatic rings. The maximum atomic E-state index is 12.0. The van der Waals surface area contributed by atoms with Gasteiger partial charge < -0.3 is 15.4 Å². The number of carbonyl (C=O) groups is 1. The Hall–Kier alpha value is -0.610. The topological polar surface area (TPSA) is 55.6 Å². The number of hydrogen-bond donors (Lipinski definition) is 1. The summed E-state index contributed by atoms with van der Waals surface area (Å²) in [6, 6.07) is -0.502. The van der Waals surface area contributed by atoms with E-state index < -0.39 is 6.04 Å². The van der Waals surface area contributed by atoms with Crippen LogP contribution < -0.4 is 5.73 Å². The molecule has 0 aromatic carbocycles. The number of nitrogens with two attached hydrogens (primary N) is 1. The van der Waals surface area contributed by atoms with Crippen LogP contribution >= 0.6 is 0 Å². The van der Waals surface area contributed by atoms with Crippen LogP contribution in [0.4, 0.5) is 0 Å². The largest absolute Gasteiger partial charge is 0.383 e. The predicted octanol–water partition coefficient (Wildman–Crippen LogP) is 1.24. The number of piperidine rings is 1. The van der Waals surface area contributed by atoms with Crippen molar-refractivity contribution in [1.82, 2.24) is 4.90 Å². The van der Waals surface area contributed by atoms with Gasteiger partial charge in [-0.1, -0.05) is 13.8 Å². The normalized spacial score (nSPS) is 22.9. The molecule has 0 aromatic rings. The third-order valence-corrected chi connectivity index (χ3v) is 3.30. The fourth-order valence-electron chi connectivity index (χ4n) is 2.61. The molecule has 17 heavy (non-hydrogen) atoms. The molecule has 4 nitrogen and oxygen atoms in total. The minimum absolute atomic E-state index is 0.0420. The number of likely N-dealkylation sites (tertiary alicyclic amines) is 1. The van der Waals surface area contributed by atoms with Crippen molar-refractivity contribution < 1.29 is 9.53 Å². The van der Waals surface area contributed by atoms with Gasteiger partial charge >= 0.3 is 0 Å². The van der Waals surface area contributed by atoms with E-state index in [0.717, 1.165) is 19.5 Å². The summed E-state index contributed by atoms with van der Waals surface area (Å²) < 4.78 is 4.93. The van der Waals surface area contributed by atoms with Crippen molar-refractivity contribution in [2.24, 2.45) is 17.6 Å². The summed E-state index contributed by atoms with van der Waals surface area (Å²) in [5.41, 5.74) is 5.79. The van der Waals surface area contributed by atoms with E-state index in [1.54, 1.807) is 7.11 Å². The molecule has 0 spiro atoms. The van der Waals surface area contributed by atoms with Gasteiger partial charge in [-0.2, -0.15) is 0 Å². The van der Waals surface area contributed by atoms with Gasteiger partial charge in [0.25, 0.3) is 0 Å². The maximum Gasteiger partial charge on any atom is 0.241 e. The summed E-state index contributed by atoms with van der Waals surface area (Å²) in [6.07, 6.45) is 3.54. The van der Waals surface area contributed by atoms with E-state index in [9.17, 15) is 4.79 Å². The number of ether oxygens (including phenoxy) is 1. The second-order valence-electron chi connectivity index (χ2n) is 5.48. The molecule has 0 bridgehead atoms. The molecule has 0 aromatic heterocycles. The molecule has 0 saturated carbocycles. The van der Waals surface area contributed by atoms with Gasteiger partial charge in [0.1, 0.15) is 6.04 Å². The van der Waals surface area contributed by atoms with Crippen LogP contribution in [-0.2, 0) is 9.53 Å². The Balaban J connectivity index is 2.45. The predicted molar refractivity (Wildman–Crippen MR) is 68.6 cm³/mol. The molecule has 1 aliphatic heterocycles. The lowest BCUT2D eigenvalue weighted by Gasteiger charge is -2.34. The van der Waals surface area contributed by atoms with Gasteiger partial charge in [-0.05, 0) is 31.1 Å². The Labute approximate surface area is 104 Å². The first-order chi connectivity index (χ1) is 8.04. The van der Waals surface area contributed by atoms with Crippen LogP contribution in [0.1, 0.15) is 33.1 Å². The number of rotatable bonds is 5. The number of nitrogens with zero attached hydrogens (tertiary/aromatic N) is 1. The van der Waals surface area contributed by atoms with Crippen LogP contribution in [0.15, 0.2) is 0 Å². The molecular weight excluding hydrogens is 216 g/mol. The van der Waals surface area contributed by atoms with Crippen LogP contribution in [0.2, 0.25) is 0 Å². The van der Waals surface area contributed by atoms with E-state index in [-0.39, 0.29) is 5.91 Å². The molecule has 2 unspecified atom stereocenters. The van der Waals surface area contributed by atoms with E-state index >= 15 is 0 Å². The lowest BCUT2D eigenvalue weighted by Crippen LogP contribution is -2.49. The lowest BCUT2D eigenvalue weighted by atomic mass is 9.89. The lowest BCUT2D eigenvalue weighted by molar-refractivity contribution is -0.135. The maximum absolute atomic E-state index is 12.0. The number of carbonyl (C=O) groups excluding carboxylic acids is 1. The zero-order valence-corrected chi connectivity index (χ0v) is 11.3. The van der Waals surface area contributed by atoms with Gasteiger partial charge in [0.2, 0.25) is 5.91 Å². The van der Waals surface area contributed by atoms with Crippen molar-refractivity contribution in [3.63, 3.8) is 0 Å². The first kappa shape index (κ1) is 14.5. The fourth-order valence-corrected chi connectivity index (χ4v) is 2.61. The highest BCUT2D eigenvalue weighted by Crippen LogP contribution is 2.23. The van der Waals surface area contributed by atoms with Crippen molar-refractivity contribution in [3.8, 4) is 0 Å². The summed E-state index contributed by atoms with van der Waals surface area (Å²) >= 11 is 0. The number of amides is 1. The van der Waals surface area contributed by atoms with Crippen molar-refractivity contribution in [2.45, 2.75) is 39.2 Å². The first-order valence-corrected chi connectivity index (χ1v) is 6.58. The van der Waals surface area contributed by atoms with Gasteiger partial charge in [0.15, 0.2) is 0 Å². The second-order valence-corrected chi connectivity index (χ2v) is 5.48. The third kappa shape index (κ3) is 4.64. The fraction of sp³-hybridized carbons (Fsp3) is 0.923. The summed E-state index contributed by atoms with van der Waals surface area (Å²) in [6.45, 7) is 6.50. The van der Waals surface area contributed by atoms with Crippen LogP contribution in [0, 0.1) is 11.8 Å². The molecule has 1 heterocycles. The molecule has 1 saturated heterocycles. The molecule has 100 valence electrons. The van der Waals surface area contributed by atoms with Crippen molar-refractivity contribution in [2.75, 3.05) is 26.8 Å². The zero-order valence-electron chi connectivity index (χ0n) is 11.3. The third-order valence-electron chi connectivity index (χ3n) is 3.30. The standard InChI is InChI=1S/C13H26N2O2/c1-10(2)7-11-5-4-6-15(8-11)13(16)12(14)9-17-3/h10-12H,4-9,14H2,1-3H3. The van der Waals surface area contributed by atoms with Crippen molar-refractivity contribution in [3.05, 3.63) is 0 Å². The Kier molecular flexibility index (Phi) is 5.92. The summed E-state index contributed by atoms with van der Waals surface area (Å²) in [5.74, 6) is 1.38. The molecule has 1 rings (SSSR count).